The third-order valence-corrected chi connectivity index (χ3v) is 5.52. The Morgan fingerprint density at radius 2 is 2.13 bits per heavy atom. The zero-order valence-corrected chi connectivity index (χ0v) is 17.6. The number of anilines is 1. The minimum atomic E-state index is -0.0997. The van der Waals surface area contributed by atoms with E-state index in [1.807, 2.05) is 43.3 Å². The fourth-order valence-electron chi connectivity index (χ4n) is 3.65. The molecule has 30 heavy (non-hydrogen) atoms. The van der Waals surface area contributed by atoms with Gasteiger partial charge >= 0.3 is 0 Å². The Morgan fingerprint density at radius 3 is 2.90 bits per heavy atom. The summed E-state index contributed by atoms with van der Waals surface area (Å²) in [5.74, 6) is 1.87. The quantitative estimate of drug-likeness (QED) is 0.645. The number of benzene rings is 1. The lowest BCUT2D eigenvalue weighted by molar-refractivity contribution is -0.125. The van der Waals surface area contributed by atoms with Crippen LogP contribution in [0.3, 0.4) is 0 Å². The SMILES string of the molecule is CCc1nc(-c2cccnc2N2CCC[C@H](C(=O)NCc3ccc(Cl)cc3)C2)no1. The Hall–Kier alpha value is -2.93. The molecule has 156 valence electrons. The van der Waals surface area contributed by atoms with Gasteiger partial charge in [0.05, 0.1) is 11.5 Å². The first kappa shape index (κ1) is 20.3. The number of nitrogens with one attached hydrogen (secondary N) is 1. The number of piperidine rings is 1. The number of hydrogen-bond donors (Lipinski definition) is 1. The zero-order chi connectivity index (χ0) is 20.9. The number of carbonyl (C=O) groups excluding carboxylic acids is 1. The number of nitrogens with zero attached hydrogens (tertiary/aromatic N) is 4. The van der Waals surface area contributed by atoms with Gasteiger partial charge in [-0.1, -0.05) is 35.8 Å². The number of carbonyl (C=O) groups is 1. The average Bonchev–Trinajstić information content (AvgIpc) is 3.28. The van der Waals surface area contributed by atoms with Gasteiger partial charge in [0.2, 0.25) is 17.6 Å². The summed E-state index contributed by atoms with van der Waals surface area (Å²) in [5.41, 5.74) is 1.85. The van der Waals surface area contributed by atoms with Gasteiger partial charge in [0.1, 0.15) is 5.82 Å². The molecule has 1 aliphatic rings. The molecule has 1 aliphatic heterocycles. The summed E-state index contributed by atoms with van der Waals surface area (Å²) < 4.78 is 5.27. The van der Waals surface area contributed by atoms with Crippen molar-refractivity contribution in [3.8, 4) is 11.4 Å². The molecular formula is C22H24ClN5O2. The van der Waals surface area contributed by atoms with Crippen LogP contribution in [0, 0.1) is 5.92 Å². The maximum absolute atomic E-state index is 12.8. The number of aromatic nitrogens is 3. The number of halogens is 1. The van der Waals surface area contributed by atoms with Crippen LogP contribution >= 0.6 is 11.6 Å². The molecule has 2 aromatic heterocycles. The molecule has 1 saturated heterocycles. The molecule has 0 bridgehead atoms. The lowest BCUT2D eigenvalue weighted by Crippen LogP contribution is -2.43. The predicted octanol–water partition coefficient (Wildman–Crippen LogP) is 3.88. The van der Waals surface area contributed by atoms with Gasteiger partial charge < -0.3 is 14.7 Å². The molecule has 1 fully saturated rings. The fraction of sp³-hybridized carbons (Fsp3) is 0.364. The van der Waals surface area contributed by atoms with Crippen molar-refractivity contribution in [3.63, 3.8) is 0 Å². The highest BCUT2D eigenvalue weighted by molar-refractivity contribution is 6.30. The van der Waals surface area contributed by atoms with Crippen molar-refractivity contribution < 1.29 is 9.32 Å². The Kier molecular flexibility index (Phi) is 6.28. The smallest absolute Gasteiger partial charge is 0.226 e. The van der Waals surface area contributed by atoms with Crippen LogP contribution in [0.25, 0.3) is 11.4 Å². The van der Waals surface area contributed by atoms with E-state index < -0.39 is 0 Å². The van der Waals surface area contributed by atoms with E-state index in [4.69, 9.17) is 16.1 Å². The monoisotopic (exact) mass is 425 g/mol. The lowest BCUT2D eigenvalue weighted by Gasteiger charge is -2.33. The Labute approximate surface area is 180 Å². The van der Waals surface area contributed by atoms with Crippen LogP contribution in [0.4, 0.5) is 5.82 Å². The van der Waals surface area contributed by atoms with E-state index >= 15 is 0 Å². The summed E-state index contributed by atoms with van der Waals surface area (Å²) in [7, 11) is 0. The van der Waals surface area contributed by atoms with Crippen molar-refractivity contribution >= 4 is 23.3 Å². The van der Waals surface area contributed by atoms with Crippen LogP contribution in [0.15, 0.2) is 47.1 Å². The number of hydrogen-bond acceptors (Lipinski definition) is 6. The number of aryl methyl sites for hydroxylation is 1. The van der Waals surface area contributed by atoms with Gasteiger partial charge in [-0.05, 0) is 42.7 Å². The highest BCUT2D eigenvalue weighted by Crippen LogP contribution is 2.30. The first-order chi connectivity index (χ1) is 14.6. The fourth-order valence-corrected chi connectivity index (χ4v) is 3.78. The summed E-state index contributed by atoms with van der Waals surface area (Å²) in [6.07, 6.45) is 4.21. The van der Waals surface area contributed by atoms with Gasteiger partial charge in [-0.25, -0.2) is 4.98 Å². The number of amides is 1. The largest absolute Gasteiger partial charge is 0.355 e. The predicted molar refractivity (Wildman–Crippen MR) is 115 cm³/mol. The van der Waals surface area contributed by atoms with Crippen LogP contribution in [-0.4, -0.2) is 34.1 Å². The van der Waals surface area contributed by atoms with Gasteiger partial charge in [0, 0.05) is 37.3 Å². The highest BCUT2D eigenvalue weighted by Gasteiger charge is 2.28. The highest BCUT2D eigenvalue weighted by atomic mass is 35.5. The third kappa shape index (κ3) is 4.62. The molecular weight excluding hydrogens is 402 g/mol. The minimum Gasteiger partial charge on any atom is -0.355 e. The van der Waals surface area contributed by atoms with Crippen molar-refractivity contribution in [3.05, 3.63) is 59.1 Å². The number of rotatable bonds is 6. The van der Waals surface area contributed by atoms with Crippen molar-refractivity contribution in [2.75, 3.05) is 18.0 Å². The first-order valence-corrected chi connectivity index (χ1v) is 10.6. The maximum Gasteiger partial charge on any atom is 0.226 e. The van der Waals surface area contributed by atoms with Crippen LogP contribution in [-0.2, 0) is 17.8 Å². The average molecular weight is 426 g/mol. The topological polar surface area (TPSA) is 84.2 Å². The molecule has 1 atom stereocenters. The molecule has 0 radical (unpaired) electrons. The van der Waals surface area contributed by atoms with E-state index in [0.29, 0.717) is 36.2 Å². The number of pyridine rings is 1. The summed E-state index contributed by atoms with van der Waals surface area (Å²) in [4.78, 5) is 23.9. The Balaban J connectivity index is 1.45. The van der Waals surface area contributed by atoms with E-state index in [0.717, 1.165) is 36.3 Å². The molecule has 1 aromatic carbocycles. The normalized spacial score (nSPS) is 16.5. The second kappa shape index (κ2) is 9.26. The molecule has 4 rings (SSSR count). The summed E-state index contributed by atoms with van der Waals surface area (Å²) in [6, 6.07) is 11.3. The van der Waals surface area contributed by atoms with Crippen LogP contribution in [0.5, 0.6) is 0 Å². The minimum absolute atomic E-state index is 0.0555. The second-order valence-electron chi connectivity index (χ2n) is 7.37. The molecule has 8 heteroatoms. The van der Waals surface area contributed by atoms with Gasteiger partial charge in [0.15, 0.2) is 0 Å². The van der Waals surface area contributed by atoms with E-state index in [-0.39, 0.29) is 11.8 Å². The molecule has 0 spiro atoms. The van der Waals surface area contributed by atoms with Gasteiger partial charge in [-0.2, -0.15) is 4.98 Å². The summed E-state index contributed by atoms with van der Waals surface area (Å²) in [5, 5.41) is 7.83. The standard InChI is InChI=1S/C22H24ClN5O2/c1-2-19-26-20(27-30-19)18-6-3-11-24-21(18)28-12-4-5-16(14-28)22(29)25-13-15-7-9-17(23)10-8-15/h3,6-11,16H,2,4-5,12-14H2,1H3,(H,25,29)/t16-/m0/s1. The zero-order valence-electron chi connectivity index (χ0n) is 16.8. The molecule has 3 heterocycles. The van der Waals surface area contributed by atoms with E-state index in [2.05, 4.69) is 25.3 Å². The molecule has 1 amide bonds. The Bertz CT molecular complexity index is 1000. The van der Waals surface area contributed by atoms with Crippen LogP contribution < -0.4 is 10.2 Å². The lowest BCUT2D eigenvalue weighted by atomic mass is 9.96. The van der Waals surface area contributed by atoms with Crippen molar-refractivity contribution in [2.45, 2.75) is 32.7 Å². The Morgan fingerprint density at radius 1 is 1.30 bits per heavy atom. The van der Waals surface area contributed by atoms with Crippen molar-refractivity contribution in [2.24, 2.45) is 5.92 Å². The van der Waals surface area contributed by atoms with Gasteiger partial charge in [0.25, 0.3) is 0 Å². The summed E-state index contributed by atoms with van der Waals surface area (Å²) >= 11 is 5.92. The molecule has 0 unspecified atom stereocenters. The first-order valence-electron chi connectivity index (χ1n) is 10.2. The van der Waals surface area contributed by atoms with Gasteiger partial charge in [-0.3, -0.25) is 4.79 Å². The van der Waals surface area contributed by atoms with E-state index in [1.54, 1.807) is 6.20 Å². The second-order valence-corrected chi connectivity index (χ2v) is 7.81. The van der Waals surface area contributed by atoms with E-state index in [1.165, 1.54) is 0 Å². The molecule has 3 aromatic rings. The van der Waals surface area contributed by atoms with Crippen LogP contribution in [0.2, 0.25) is 5.02 Å². The molecule has 7 nitrogen and oxygen atoms in total. The molecule has 1 N–H and O–H groups in total. The van der Waals surface area contributed by atoms with Gasteiger partial charge in [-0.15, -0.1) is 0 Å². The summed E-state index contributed by atoms with van der Waals surface area (Å²) in [6.45, 7) is 3.90. The van der Waals surface area contributed by atoms with E-state index in [9.17, 15) is 4.79 Å². The molecule has 0 aliphatic carbocycles. The maximum atomic E-state index is 12.8. The third-order valence-electron chi connectivity index (χ3n) is 5.27. The van der Waals surface area contributed by atoms with Crippen molar-refractivity contribution in [1.82, 2.24) is 20.4 Å². The van der Waals surface area contributed by atoms with Crippen molar-refractivity contribution in [1.29, 1.82) is 0 Å². The van der Waals surface area contributed by atoms with Crippen LogP contribution in [0.1, 0.15) is 31.2 Å². The molecule has 0 saturated carbocycles.